The number of halogens is 2. The number of hydrogen-bond donors (Lipinski definition) is 0. The summed E-state index contributed by atoms with van der Waals surface area (Å²) in [7, 11) is 0. The van der Waals surface area contributed by atoms with E-state index in [1.807, 2.05) is 36.4 Å². The summed E-state index contributed by atoms with van der Waals surface area (Å²) in [6.07, 6.45) is 1.52. The first-order chi connectivity index (χ1) is 12.6. The summed E-state index contributed by atoms with van der Waals surface area (Å²) < 4.78 is 1.51. The van der Waals surface area contributed by atoms with E-state index < -0.39 is 0 Å². The zero-order chi connectivity index (χ0) is 18.1. The van der Waals surface area contributed by atoms with Gasteiger partial charge in [0.15, 0.2) is 0 Å². The SMILES string of the molecule is O=C(N(c1cccc(Cl)c1)c1cccc(Cl)c1)n1cnc2ccccc21. The number of para-hydroxylation sites is 2. The molecule has 0 bridgehead atoms. The Hall–Kier alpha value is -2.82. The maximum absolute atomic E-state index is 13.4. The van der Waals surface area contributed by atoms with E-state index >= 15 is 0 Å². The largest absolute Gasteiger partial charge is 0.339 e. The number of hydrogen-bond acceptors (Lipinski definition) is 2. The number of carbonyl (C=O) groups is 1. The quantitative estimate of drug-likeness (QED) is 0.417. The Morgan fingerprint density at radius 2 is 1.46 bits per heavy atom. The van der Waals surface area contributed by atoms with Gasteiger partial charge in [-0.15, -0.1) is 0 Å². The minimum Gasteiger partial charge on any atom is -0.262 e. The Morgan fingerprint density at radius 1 is 0.846 bits per heavy atom. The van der Waals surface area contributed by atoms with Crippen molar-refractivity contribution in [2.24, 2.45) is 0 Å². The molecular formula is C20H13Cl2N3O. The minimum atomic E-state index is -0.275. The van der Waals surface area contributed by atoms with E-state index in [4.69, 9.17) is 23.2 Å². The lowest BCUT2D eigenvalue weighted by Crippen LogP contribution is -2.30. The lowest BCUT2D eigenvalue weighted by Gasteiger charge is -2.23. The van der Waals surface area contributed by atoms with Gasteiger partial charge in [0.2, 0.25) is 0 Å². The normalized spacial score (nSPS) is 10.8. The van der Waals surface area contributed by atoms with E-state index in [-0.39, 0.29) is 6.03 Å². The van der Waals surface area contributed by atoms with Gasteiger partial charge in [-0.2, -0.15) is 0 Å². The van der Waals surface area contributed by atoms with Crippen LogP contribution in [0.15, 0.2) is 79.1 Å². The van der Waals surface area contributed by atoms with Crippen LogP contribution >= 0.6 is 23.2 Å². The van der Waals surface area contributed by atoms with Crippen LogP contribution in [-0.2, 0) is 0 Å². The van der Waals surface area contributed by atoms with E-state index in [1.165, 1.54) is 10.9 Å². The number of anilines is 2. The van der Waals surface area contributed by atoms with Crippen LogP contribution in [0.25, 0.3) is 11.0 Å². The Bertz CT molecular complexity index is 1060. The molecule has 4 nitrogen and oxygen atoms in total. The van der Waals surface area contributed by atoms with Crippen LogP contribution in [0.4, 0.5) is 16.2 Å². The average Bonchev–Trinajstić information content (AvgIpc) is 3.06. The molecule has 0 saturated carbocycles. The Labute approximate surface area is 160 Å². The maximum Gasteiger partial charge on any atom is 0.339 e. The second-order valence-corrected chi connectivity index (χ2v) is 6.55. The van der Waals surface area contributed by atoms with E-state index in [0.717, 1.165) is 11.0 Å². The van der Waals surface area contributed by atoms with Crippen LogP contribution in [0.5, 0.6) is 0 Å². The van der Waals surface area contributed by atoms with Crippen molar-refractivity contribution in [3.05, 3.63) is 89.2 Å². The van der Waals surface area contributed by atoms with Crippen LogP contribution < -0.4 is 4.90 Å². The lowest BCUT2D eigenvalue weighted by molar-refractivity contribution is 0.250. The fourth-order valence-electron chi connectivity index (χ4n) is 2.82. The third kappa shape index (κ3) is 3.05. The van der Waals surface area contributed by atoms with Gasteiger partial charge in [-0.1, -0.05) is 47.5 Å². The van der Waals surface area contributed by atoms with Crippen molar-refractivity contribution in [1.82, 2.24) is 9.55 Å². The van der Waals surface area contributed by atoms with E-state index in [9.17, 15) is 4.79 Å². The van der Waals surface area contributed by atoms with Gasteiger partial charge < -0.3 is 0 Å². The van der Waals surface area contributed by atoms with Gasteiger partial charge >= 0.3 is 6.03 Å². The van der Waals surface area contributed by atoms with Crippen molar-refractivity contribution in [1.29, 1.82) is 0 Å². The van der Waals surface area contributed by atoms with Crippen LogP contribution in [0.2, 0.25) is 10.0 Å². The van der Waals surface area contributed by atoms with Crippen LogP contribution in [0, 0.1) is 0 Å². The standard InChI is InChI=1S/C20H13Cl2N3O/c21-14-5-3-7-16(11-14)25(17-8-4-6-15(22)12-17)20(26)24-13-23-18-9-1-2-10-19(18)24/h1-13H. The summed E-state index contributed by atoms with van der Waals surface area (Å²) in [6, 6.07) is 21.4. The molecule has 128 valence electrons. The van der Waals surface area contributed by atoms with Crippen LogP contribution in [0.1, 0.15) is 0 Å². The molecule has 6 heteroatoms. The highest BCUT2D eigenvalue weighted by molar-refractivity contribution is 6.31. The second-order valence-electron chi connectivity index (χ2n) is 5.68. The molecule has 1 aromatic heterocycles. The second kappa shape index (κ2) is 6.83. The molecule has 0 aliphatic rings. The molecule has 4 rings (SSSR count). The fourth-order valence-corrected chi connectivity index (χ4v) is 3.19. The van der Waals surface area contributed by atoms with Crippen molar-refractivity contribution in [3.63, 3.8) is 0 Å². The highest BCUT2D eigenvalue weighted by Gasteiger charge is 2.22. The number of aromatic nitrogens is 2. The number of imidazole rings is 1. The van der Waals surface area contributed by atoms with Gasteiger partial charge in [-0.05, 0) is 48.5 Å². The summed E-state index contributed by atoms with van der Waals surface area (Å²) in [5.74, 6) is 0. The minimum absolute atomic E-state index is 0.275. The summed E-state index contributed by atoms with van der Waals surface area (Å²) in [5, 5.41) is 1.08. The highest BCUT2D eigenvalue weighted by Crippen LogP contribution is 2.31. The molecule has 0 saturated heterocycles. The zero-order valence-electron chi connectivity index (χ0n) is 13.5. The molecule has 0 spiro atoms. The Kier molecular flexibility index (Phi) is 4.37. The summed E-state index contributed by atoms with van der Waals surface area (Å²) in [6.45, 7) is 0. The molecule has 1 amide bonds. The number of nitrogens with zero attached hydrogens (tertiary/aromatic N) is 3. The molecule has 0 fully saturated rings. The number of carbonyl (C=O) groups excluding carboxylic acids is 1. The van der Waals surface area contributed by atoms with E-state index in [1.54, 1.807) is 41.3 Å². The summed E-state index contributed by atoms with van der Waals surface area (Å²) in [5.41, 5.74) is 2.76. The molecular weight excluding hydrogens is 369 g/mol. The molecule has 0 N–H and O–H groups in total. The van der Waals surface area contributed by atoms with Gasteiger partial charge in [-0.3, -0.25) is 4.90 Å². The third-order valence-corrected chi connectivity index (χ3v) is 4.45. The Balaban J connectivity index is 1.89. The topological polar surface area (TPSA) is 38.1 Å². The van der Waals surface area contributed by atoms with Crippen LogP contribution in [-0.4, -0.2) is 15.6 Å². The number of fused-ring (bicyclic) bond motifs is 1. The predicted molar refractivity (Wildman–Crippen MR) is 106 cm³/mol. The molecule has 0 radical (unpaired) electrons. The first kappa shape index (κ1) is 16.6. The Morgan fingerprint density at radius 3 is 2.08 bits per heavy atom. The molecule has 3 aromatic carbocycles. The maximum atomic E-state index is 13.4. The molecule has 4 aromatic rings. The molecule has 0 atom stereocenters. The average molecular weight is 382 g/mol. The fraction of sp³-hybridized carbons (Fsp3) is 0. The predicted octanol–water partition coefficient (Wildman–Crippen LogP) is 6.15. The van der Waals surface area contributed by atoms with E-state index in [2.05, 4.69) is 4.98 Å². The molecule has 0 unspecified atom stereocenters. The molecule has 26 heavy (non-hydrogen) atoms. The van der Waals surface area contributed by atoms with E-state index in [0.29, 0.717) is 21.4 Å². The first-order valence-corrected chi connectivity index (χ1v) is 8.67. The van der Waals surface area contributed by atoms with Gasteiger partial charge in [0.05, 0.1) is 22.4 Å². The van der Waals surface area contributed by atoms with Gasteiger partial charge in [0.1, 0.15) is 6.33 Å². The smallest absolute Gasteiger partial charge is 0.262 e. The van der Waals surface area contributed by atoms with Crippen molar-refractivity contribution in [2.75, 3.05) is 4.90 Å². The van der Waals surface area contributed by atoms with Gasteiger partial charge in [0.25, 0.3) is 0 Å². The lowest BCUT2D eigenvalue weighted by atomic mass is 10.2. The van der Waals surface area contributed by atoms with Gasteiger partial charge in [-0.25, -0.2) is 14.3 Å². The van der Waals surface area contributed by atoms with Crippen molar-refractivity contribution in [3.8, 4) is 0 Å². The molecule has 0 aliphatic heterocycles. The molecule has 1 heterocycles. The van der Waals surface area contributed by atoms with Crippen molar-refractivity contribution in [2.45, 2.75) is 0 Å². The number of rotatable bonds is 2. The van der Waals surface area contributed by atoms with Gasteiger partial charge in [0, 0.05) is 10.0 Å². The number of benzene rings is 3. The summed E-state index contributed by atoms with van der Waals surface area (Å²) >= 11 is 12.3. The van der Waals surface area contributed by atoms with Crippen LogP contribution in [0.3, 0.4) is 0 Å². The molecule has 0 aliphatic carbocycles. The zero-order valence-corrected chi connectivity index (χ0v) is 15.0. The van der Waals surface area contributed by atoms with Crippen molar-refractivity contribution >= 4 is 51.6 Å². The monoisotopic (exact) mass is 381 g/mol. The third-order valence-electron chi connectivity index (χ3n) is 3.98. The first-order valence-electron chi connectivity index (χ1n) is 7.91. The van der Waals surface area contributed by atoms with Crippen molar-refractivity contribution < 1.29 is 4.79 Å². The highest BCUT2D eigenvalue weighted by atomic mass is 35.5. The number of amides is 1. The summed E-state index contributed by atoms with van der Waals surface area (Å²) in [4.78, 5) is 19.3.